The molecule has 21 heavy (non-hydrogen) atoms. The SMILES string of the molecule is Cc1ccc(C)c(-n2ccn(C[NH+]3CCOCC3)c2=S)c1. The van der Waals surface area contributed by atoms with Crippen molar-refractivity contribution in [1.29, 1.82) is 0 Å². The van der Waals surface area contributed by atoms with Crippen molar-refractivity contribution in [3.05, 3.63) is 46.5 Å². The first-order chi connectivity index (χ1) is 10.1. The highest BCUT2D eigenvalue weighted by atomic mass is 32.1. The Kier molecular flexibility index (Phi) is 4.24. The third-order valence-electron chi connectivity index (χ3n) is 4.07. The molecule has 1 saturated heterocycles. The first kappa shape index (κ1) is 14.5. The van der Waals surface area contributed by atoms with Gasteiger partial charge in [-0.05, 0) is 43.3 Å². The van der Waals surface area contributed by atoms with E-state index in [2.05, 4.69) is 53.6 Å². The second-order valence-corrected chi connectivity index (χ2v) is 6.10. The lowest BCUT2D eigenvalue weighted by atomic mass is 10.1. The number of rotatable bonds is 3. The van der Waals surface area contributed by atoms with E-state index in [1.165, 1.54) is 21.7 Å². The van der Waals surface area contributed by atoms with Gasteiger partial charge in [-0.1, -0.05) is 12.1 Å². The van der Waals surface area contributed by atoms with Crippen LogP contribution in [0.5, 0.6) is 0 Å². The smallest absolute Gasteiger partial charge is 0.188 e. The number of aryl methyl sites for hydroxylation is 2. The summed E-state index contributed by atoms with van der Waals surface area (Å²) >= 11 is 5.66. The Morgan fingerprint density at radius 2 is 1.95 bits per heavy atom. The molecule has 2 heterocycles. The summed E-state index contributed by atoms with van der Waals surface area (Å²) in [6.45, 7) is 8.95. The minimum Gasteiger partial charge on any atom is -0.370 e. The molecule has 112 valence electrons. The number of nitrogens with one attached hydrogen (secondary N) is 1. The predicted octanol–water partition coefficient (Wildman–Crippen LogP) is 1.50. The Labute approximate surface area is 130 Å². The predicted molar refractivity (Wildman–Crippen MR) is 85.6 cm³/mol. The number of benzene rings is 1. The molecule has 1 aromatic carbocycles. The van der Waals surface area contributed by atoms with Crippen molar-refractivity contribution in [3.63, 3.8) is 0 Å². The normalized spacial score (nSPS) is 16.3. The second kappa shape index (κ2) is 6.13. The van der Waals surface area contributed by atoms with E-state index in [0.29, 0.717) is 0 Å². The van der Waals surface area contributed by atoms with Crippen LogP contribution in [0.3, 0.4) is 0 Å². The Morgan fingerprint density at radius 3 is 2.71 bits per heavy atom. The van der Waals surface area contributed by atoms with Gasteiger partial charge in [0.25, 0.3) is 0 Å². The van der Waals surface area contributed by atoms with Crippen molar-refractivity contribution >= 4 is 12.2 Å². The van der Waals surface area contributed by atoms with E-state index in [9.17, 15) is 0 Å². The Balaban J connectivity index is 1.88. The number of hydrogen-bond donors (Lipinski definition) is 1. The third kappa shape index (κ3) is 3.10. The summed E-state index contributed by atoms with van der Waals surface area (Å²) in [5.41, 5.74) is 3.67. The standard InChI is InChI=1S/C16H21N3OS/c1-13-3-4-14(2)15(11-13)19-6-5-18(16(19)21)12-17-7-9-20-10-8-17/h3-6,11H,7-10,12H2,1-2H3/p+1. The summed E-state index contributed by atoms with van der Waals surface area (Å²) < 4.78 is 10.5. The van der Waals surface area contributed by atoms with Gasteiger partial charge >= 0.3 is 0 Å². The van der Waals surface area contributed by atoms with Gasteiger partial charge in [0.05, 0.1) is 18.9 Å². The average molecular weight is 304 g/mol. The van der Waals surface area contributed by atoms with Gasteiger partial charge in [-0.15, -0.1) is 0 Å². The highest BCUT2D eigenvalue weighted by molar-refractivity contribution is 7.71. The number of morpholine rings is 1. The van der Waals surface area contributed by atoms with Crippen LogP contribution in [-0.4, -0.2) is 35.4 Å². The third-order valence-corrected chi connectivity index (χ3v) is 4.50. The molecule has 0 radical (unpaired) electrons. The van der Waals surface area contributed by atoms with E-state index in [1.807, 2.05) is 0 Å². The molecule has 1 N–H and O–H groups in total. The average Bonchev–Trinajstić information content (AvgIpc) is 2.84. The van der Waals surface area contributed by atoms with E-state index >= 15 is 0 Å². The fraction of sp³-hybridized carbons (Fsp3) is 0.438. The minimum absolute atomic E-state index is 0.848. The van der Waals surface area contributed by atoms with Gasteiger partial charge in [0.2, 0.25) is 0 Å². The zero-order chi connectivity index (χ0) is 14.8. The second-order valence-electron chi connectivity index (χ2n) is 5.73. The fourth-order valence-corrected chi connectivity index (χ4v) is 3.04. The van der Waals surface area contributed by atoms with Crippen LogP contribution in [0.4, 0.5) is 0 Å². The number of quaternary nitrogens is 1. The van der Waals surface area contributed by atoms with Crippen LogP contribution >= 0.6 is 12.2 Å². The van der Waals surface area contributed by atoms with Crippen LogP contribution in [0.25, 0.3) is 5.69 Å². The van der Waals surface area contributed by atoms with Crippen LogP contribution in [0.15, 0.2) is 30.6 Å². The van der Waals surface area contributed by atoms with Crippen molar-refractivity contribution in [2.24, 2.45) is 0 Å². The minimum atomic E-state index is 0.848. The summed E-state index contributed by atoms with van der Waals surface area (Å²) in [7, 11) is 0. The van der Waals surface area contributed by atoms with Crippen molar-refractivity contribution in [1.82, 2.24) is 9.13 Å². The van der Waals surface area contributed by atoms with Crippen molar-refractivity contribution in [3.8, 4) is 5.69 Å². The summed E-state index contributed by atoms with van der Waals surface area (Å²) in [6.07, 6.45) is 4.16. The molecule has 0 aliphatic carbocycles. The number of aromatic nitrogens is 2. The van der Waals surface area contributed by atoms with E-state index < -0.39 is 0 Å². The summed E-state index contributed by atoms with van der Waals surface area (Å²) in [4.78, 5) is 1.52. The van der Waals surface area contributed by atoms with E-state index in [0.717, 1.165) is 37.7 Å². The van der Waals surface area contributed by atoms with E-state index in [-0.39, 0.29) is 0 Å². The lowest BCUT2D eigenvalue weighted by Crippen LogP contribution is -3.13. The van der Waals surface area contributed by atoms with Crippen molar-refractivity contribution in [2.75, 3.05) is 26.3 Å². The quantitative estimate of drug-likeness (QED) is 0.869. The summed E-state index contributed by atoms with van der Waals surface area (Å²) in [5.74, 6) is 0. The lowest BCUT2D eigenvalue weighted by molar-refractivity contribution is -0.930. The maximum absolute atomic E-state index is 5.66. The molecule has 1 aliphatic rings. The molecule has 3 rings (SSSR count). The number of nitrogens with zero attached hydrogens (tertiary/aromatic N) is 2. The van der Waals surface area contributed by atoms with Gasteiger partial charge in [-0.25, -0.2) is 0 Å². The van der Waals surface area contributed by atoms with Gasteiger partial charge in [-0.2, -0.15) is 0 Å². The number of imidazole rings is 1. The molecule has 0 bridgehead atoms. The van der Waals surface area contributed by atoms with Gasteiger partial charge in [0.15, 0.2) is 11.4 Å². The van der Waals surface area contributed by atoms with Crippen molar-refractivity contribution < 1.29 is 9.64 Å². The first-order valence-electron chi connectivity index (χ1n) is 7.42. The van der Waals surface area contributed by atoms with Crippen molar-refractivity contribution in [2.45, 2.75) is 20.5 Å². The maximum atomic E-state index is 5.66. The van der Waals surface area contributed by atoms with Crippen LogP contribution in [0.2, 0.25) is 0 Å². The molecule has 0 unspecified atom stereocenters. The monoisotopic (exact) mass is 304 g/mol. The molecule has 5 heteroatoms. The van der Waals surface area contributed by atoms with Gasteiger partial charge in [-0.3, -0.25) is 9.13 Å². The van der Waals surface area contributed by atoms with Crippen LogP contribution < -0.4 is 4.90 Å². The molecule has 0 amide bonds. The van der Waals surface area contributed by atoms with E-state index in [4.69, 9.17) is 17.0 Å². The molecule has 0 atom stereocenters. The molecule has 2 aromatic rings. The molecule has 4 nitrogen and oxygen atoms in total. The fourth-order valence-electron chi connectivity index (χ4n) is 2.75. The zero-order valence-electron chi connectivity index (χ0n) is 12.6. The van der Waals surface area contributed by atoms with E-state index in [1.54, 1.807) is 0 Å². The molecular weight excluding hydrogens is 282 g/mol. The molecular formula is C16H22N3OS+. The van der Waals surface area contributed by atoms with Crippen LogP contribution in [0, 0.1) is 18.6 Å². The molecule has 1 aromatic heterocycles. The molecule has 0 spiro atoms. The number of hydrogen-bond acceptors (Lipinski definition) is 2. The maximum Gasteiger partial charge on any atom is 0.188 e. The summed E-state index contributed by atoms with van der Waals surface area (Å²) in [5, 5.41) is 0. The Hall–Kier alpha value is -1.43. The summed E-state index contributed by atoms with van der Waals surface area (Å²) in [6, 6.07) is 6.48. The van der Waals surface area contributed by atoms with Crippen LogP contribution in [0.1, 0.15) is 11.1 Å². The highest BCUT2D eigenvalue weighted by Gasteiger charge is 2.15. The lowest BCUT2D eigenvalue weighted by Gasteiger charge is -2.23. The largest absolute Gasteiger partial charge is 0.370 e. The first-order valence-corrected chi connectivity index (χ1v) is 7.83. The van der Waals surface area contributed by atoms with Gasteiger partial charge in [0, 0.05) is 12.4 Å². The van der Waals surface area contributed by atoms with Crippen LogP contribution in [-0.2, 0) is 11.4 Å². The molecule has 1 fully saturated rings. The zero-order valence-corrected chi connectivity index (χ0v) is 13.4. The Morgan fingerprint density at radius 1 is 1.19 bits per heavy atom. The topological polar surface area (TPSA) is 23.5 Å². The van der Waals surface area contributed by atoms with Gasteiger partial charge in [0.1, 0.15) is 13.1 Å². The van der Waals surface area contributed by atoms with Gasteiger partial charge < -0.3 is 9.64 Å². The Bertz CT molecular complexity index is 683. The molecule has 0 saturated carbocycles. The molecule has 1 aliphatic heterocycles. The highest BCUT2D eigenvalue weighted by Crippen LogP contribution is 2.16. The number of ether oxygens (including phenoxy) is 1.